The van der Waals surface area contributed by atoms with E-state index in [4.69, 9.17) is 0 Å². The maximum absolute atomic E-state index is 13.2. The van der Waals surface area contributed by atoms with E-state index in [0.29, 0.717) is 16.8 Å². The third-order valence-corrected chi connectivity index (χ3v) is 5.73. The molecule has 0 spiro atoms. The summed E-state index contributed by atoms with van der Waals surface area (Å²) in [6, 6.07) is 8.35. The van der Waals surface area contributed by atoms with Gasteiger partial charge in [0.2, 0.25) is 5.91 Å². The molecule has 1 amide bonds. The fourth-order valence-electron chi connectivity index (χ4n) is 3.97. The summed E-state index contributed by atoms with van der Waals surface area (Å²) in [5.41, 5.74) is 5.21. The Morgan fingerprint density at radius 3 is 2.50 bits per heavy atom. The number of aromatic nitrogens is 2. The van der Waals surface area contributed by atoms with Gasteiger partial charge in [0.15, 0.2) is 5.16 Å². The lowest BCUT2D eigenvalue weighted by atomic mass is 9.79. The van der Waals surface area contributed by atoms with Crippen LogP contribution >= 0.6 is 11.8 Å². The summed E-state index contributed by atoms with van der Waals surface area (Å²) < 4.78 is 0. The van der Waals surface area contributed by atoms with Crippen molar-refractivity contribution < 1.29 is 4.79 Å². The molecule has 138 valence electrons. The molecule has 0 radical (unpaired) electrons. The van der Waals surface area contributed by atoms with Crippen molar-refractivity contribution in [2.24, 2.45) is 0 Å². The maximum atomic E-state index is 13.2. The molecule has 1 aliphatic rings. The maximum Gasteiger partial charge on any atom is 0.237 e. The van der Waals surface area contributed by atoms with E-state index in [-0.39, 0.29) is 11.4 Å². The monoisotopic (exact) mass is 369 g/mol. The van der Waals surface area contributed by atoms with Crippen LogP contribution in [0.5, 0.6) is 0 Å². The van der Waals surface area contributed by atoms with Gasteiger partial charge in [-0.25, -0.2) is 9.97 Å². The number of amides is 1. The Balaban J connectivity index is 1.86. The second-order valence-corrected chi connectivity index (χ2v) is 8.87. The van der Waals surface area contributed by atoms with E-state index in [0.717, 1.165) is 23.5 Å². The first-order chi connectivity index (χ1) is 12.2. The van der Waals surface area contributed by atoms with Crippen molar-refractivity contribution in [3.8, 4) is 0 Å². The summed E-state index contributed by atoms with van der Waals surface area (Å²) in [7, 11) is 0. The van der Waals surface area contributed by atoms with Crippen molar-refractivity contribution in [2.75, 3.05) is 10.7 Å². The van der Waals surface area contributed by atoms with Crippen molar-refractivity contribution in [3.63, 3.8) is 0 Å². The number of carbonyl (C=O) groups excluding carboxylic acids is 1. The Labute approximate surface area is 160 Å². The molecule has 0 bridgehead atoms. The zero-order valence-electron chi connectivity index (χ0n) is 16.5. The average molecular weight is 370 g/mol. The molecule has 1 aromatic carbocycles. The van der Waals surface area contributed by atoms with Gasteiger partial charge in [-0.3, -0.25) is 4.79 Å². The number of hydrogen-bond acceptors (Lipinski definition) is 4. The lowest BCUT2D eigenvalue weighted by Crippen LogP contribution is -2.52. The Hall–Kier alpha value is -1.88. The SMILES string of the molecule is Cc1ccc2c(c1)[C@H](C)CC(C)(C)N2C(=O)CSc1nc(C)cc(C)n1. The van der Waals surface area contributed by atoms with Gasteiger partial charge in [-0.2, -0.15) is 0 Å². The van der Waals surface area contributed by atoms with E-state index >= 15 is 0 Å². The Morgan fingerprint density at radius 2 is 1.85 bits per heavy atom. The van der Waals surface area contributed by atoms with Crippen LogP contribution in [0.1, 0.15) is 55.6 Å². The predicted molar refractivity (Wildman–Crippen MR) is 108 cm³/mol. The fourth-order valence-corrected chi connectivity index (χ4v) is 4.77. The van der Waals surface area contributed by atoms with Crippen LogP contribution in [0.2, 0.25) is 0 Å². The molecule has 0 fully saturated rings. The van der Waals surface area contributed by atoms with Crippen LogP contribution in [0.4, 0.5) is 5.69 Å². The van der Waals surface area contributed by atoms with Crippen LogP contribution in [0, 0.1) is 20.8 Å². The zero-order chi connectivity index (χ0) is 19.1. The molecule has 2 aromatic rings. The van der Waals surface area contributed by atoms with E-state index in [1.54, 1.807) is 0 Å². The zero-order valence-corrected chi connectivity index (χ0v) is 17.3. The van der Waals surface area contributed by atoms with Crippen molar-refractivity contribution in [1.29, 1.82) is 0 Å². The highest BCUT2D eigenvalue weighted by Crippen LogP contribution is 2.43. The van der Waals surface area contributed by atoms with E-state index in [9.17, 15) is 4.79 Å². The molecule has 5 heteroatoms. The predicted octanol–water partition coefficient (Wildman–Crippen LogP) is 4.81. The Bertz CT molecular complexity index is 827. The lowest BCUT2D eigenvalue weighted by Gasteiger charge is -2.46. The first kappa shape index (κ1) is 18.9. The van der Waals surface area contributed by atoms with E-state index < -0.39 is 0 Å². The summed E-state index contributed by atoms with van der Waals surface area (Å²) in [6.07, 6.45) is 0.958. The Kier molecular flexibility index (Phi) is 5.11. The molecular weight excluding hydrogens is 342 g/mol. The molecule has 0 N–H and O–H groups in total. The standard InChI is InChI=1S/C21H27N3OS/c1-13-7-8-18-17(9-13)14(2)11-21(5,6)24(18)19(25)12-26-20-22-15(3)10-16(4)23-20/h7-10,14H,11-12H2,1-6H3/t14-/m1/s1. The molecule has 3 rings (SSSR count). The highest BCUT2D eigenvalue weighted by atomic mass is 32.2. The third kappa shape index (κ3) is 3.78. The van der Waals surface area contributed by atoms with Crippen LogP contribution in [-0.4, -0.2) is 27.2 Å². The van der Waals surface area contributed by atoms with Gasteiger partial charge < -0.3 is 4.90 Å². The van der Waals surface area contributed by atoms with Gasteiger partial charge in [0, 0.05) is 22.6 Å². The number of anilines is 1. The van der Waals surface area contributed by atoms with Crippen molar-refractivity contribution >= 4 is 23.4 Å². The summed E-state index contributed by atoms with van der Waals surface area (Å²) in [5, 5.41) is 0.670. The molecular formula is C21H27N3OS. The number of nitrogens with zero attached hydrogens (tertiary/aromatic N) is 3. The molecule has 1 atom stereocenters. The van der Waals surface area contributed by atoms with Crippen LogP contribution in [-0.2, 0) is 4.79 Å². The highest BCUT2D eigenvalue weighted by molar-refractivity contribution is 7.99. The number of hydrogen-bond donors (Lipinski definition) is 0. The average Bonchev–Trinajstić information content (AvgIpc) is 2.52. The van der Waals surface area contributed by atoms with Crippen LogP contribution in [0.25, 0.3) is 0 Å². The van der Waals surface area contributed by atoms with Gasteiger partial charge in [0.05, 0.1) is 5.75 Å². The molecule has 26 heavy (non-hydrogen) atoms. The molecule has 0 saturated heterocycles. The van der Waals surface area contributed by atoms with Gasteiger partial charge in [-0.1, -0.05) is 36.4 Å². The van der Waals surface area contributed by atoms with Gasteiger partial charge in [-0.15, -0.1) is 0 Å². The van der Waals surface area contributed by atoms with Gasteiger partial charge >= 0.3 is 0 Å². The summed E-state index contributed by atoms with van der Waals surface area (Å²) in [5.74, 6) is 0.896. The van der Waals surface area contributed by atoms with Gasteiger partial charge in [-0.05, 0) is 64.7 Å². The van der Waals surface area contributed by atoms with Crippen molar-refractivity contribution in [2.45, 2.75) is 64.6 Å². The Morgan fingerprint density at radius 1 is 1.19 bits per heavy atom. The number of thioether (sulfide) groups is 1. The van der Waals surface area contributed by atoms with E-state index in [2.05, 4.69) is 55.9 Å². The van der Waals surface area contributed by atoms with Crippen LogP contribution in [0.15, 0.2) is 29.4 Å². The summed E-state index contributed by atoms with van der Waals surface area (Å²) >= 11 is 1.42. The third-order valence-electron chi connectivity index (χ3n) is 4.90. The summed E-state index contributed by atoms with van der Waals surface area (Å²) in [4.78, 5) is 24.0. The highest BCUT2D eigenvalue weighted by Gasteiger charge is 2.39. The largest absolute Gasteiger partial charge is 0.306 e. The number of aryl methyl sites for hydroxylation is 3. The number of benzene rings is 1. The number of rotatable bonds is 3. The van der Waals surface area contributed by atoms with Crippen molar-refractivity contribution in [1.82, 2.24) is 9.97 Å². The topological polar surface area (TPSA) is 46.1 Å². The minimum absolute atomic E-state index is 0.111. The normalized spacial score (nSPS) is 18.5. The first-order valence-electron chi connectivity index (χ1n) is 9.06. The molecule has 0 unspecified atom stereocenters. The molecule has 1 aliphatic heterocycles. The van der Waals surface area contributed by atoms with E-state index in [1.165, 1.54) is 22.9 Å². The van der Waals surface area contributed by atoms with E-state index in [1.807, 2.05) is 24.8 Å². The molecule has 0 aliphatic carbocycles. The lowest BCUT2D eigenvalue weighted by molar-refractivity contribution is -0.117. The fraction of sp³-hybridized carbons (Fsp3) is 0.476. The molecule has 2 heterocycles. The second kappa shape index (κ2) is 7.03. The quantitative estimate of drug-likeness (QED) is 0.575. The first-order valence-corrected chi connectivity index (χ1v) is 10.0. The van der Waals surface area contributed by atoms with Crippen LogP contribution in [0.3, 0.4) is 0 Å². The van der Waals surface area contributed by atoms with Gasteiger partial charge in [0.1, 0.15) is 0 Å². The molecule has 1 aromatic heterocycles. The second-order valence-electron chi connectivity index (χ2n) is 7.93. The van der Waals surface area contributed by atoms with Crippen LogP contribution < -0.4 is 4.90 Å². The molecule has 0 saturated carbocycles. The number of carbonyl (C=O) groups is 1. The minimum Gasteiger partial charge on any atom is -0.306 e. The number of fused-ring (bicyclic) bond motifs is 1. The molecule has 4 nitrogen and oxygen atoms in total. The minimum atomic E-state index is -0.206. The summed E-state index contributed by atoms with van der Waals surface area (Å²) in [6.45, 7) is 12.6. The smallest absolute Gasteiger partial charge is 0.237 e. The van der Waals surface area contributed by atoms with Crippen molar-refractivity contribution in [3.05, 3.63) is 46.8 Å². The van der Waals surface area contributed by atoms with Gasteiger partial charge in [0.25, 0.3) is 0 Å².